The van der Waals surface area contributed by atoms with Crippen LogP contribution in [0, 0.1) is 0 Å². The number of fused-ring (bicyclic) bond motifs is 1. The molecular weight excluding hydrogens is 470 g/mol. The van der Waals surface area contributed by atoms with E-state index in [9.17, 15) is 18.0 Å². The number of likely N-dealkylation sites (tertiary alicyclic amines) is 1. The minimum absolute atomic E-state index is 0.0629. The Bertz CT molecular complexity index is 1260. The van der Waals surface area contributed by atoms with Gasteiger partial charge in [0.25, 0.3) is 5.91 Å². The van der Waals surface area contributed by atoms with E-state index in [0.717, 1.165) is 25.7 Å². The van der Waals surface area contributed by atoms with E-state index in [1.807, 2.05) is 11.5 Å². The van der Waals surface area contributed by atoms with Crippen molar-refractivity contribution >= 4 is 26.8 Å². The Kier molecular flexibility index (Phi) is 6.73. The molecule has 1 aromatic carbocycles. The fourth-order valence-electron chi connectivity index (χ4n) is 5.39. The highest BCUT2D eigenvalue weighted by molar-refractivity contribution is 7.89. The highest BCUT2D eigenvalue weighted by Gasteiger charge is 2.41. The van der Waals surface area contributed by atoms with Gasteiger partial charge in [-0.15, -0.1) is 0 Å². The van der Waals surface area contributed by atoms with Crippen LogP contribution < -0.4 is 5.43 Å². The first-order valence-corrected chi connectivity index (χ1v) is 14.0. The summed E-state index contributed by atoms with van der Waals surface area (Å²) in [6, 6.07) is 4.70. The summed E-state index contributed by atoms with van der Waals surface area (Å²) in [6.07, 6.45) is 6.43. The molecule has 3 saturated heterocycles. The zero-order valence-corrected chi connectivity index (χ0v) is 21.0. The smallest absolute Gasteiger partial charge is 0.259 e. The van der Waals surface area contributed by atoms with Crippen LogP contribution in [-0.4, -0.2) is 73.3 Å². The summed E-state index contributed by atoms with van der Waals surface area (Å²) >= 11 is 0. The molecule has 0 saturated carbocycles. The predicted octanol–water partition coefficient (Wildman–Crippen LogP) is 2.57. The molecule has 3 aliphatic rings. The van der Waals surface area contributed by atoms with Crippen molar-refractivity contribution in [1.82, 2.24) is 13.8 Å². The van der Waals surface area contributed by atoms with Crippen LogP contribution in [0.2, 0.25) is 0 Å². The third-order valence-corrected chi connectivity index (χ3v) is 9.35. The number of hydrogen-bond donors (Lipinski definition) is 0. The SMILES string of the molecule is CCn1cc(C(=O)N2CCC3(CC2)OCCO3)c(=O)c2cc(S(=O)(=O)N3CCCCCC3)ccc21. The van der Waals surface area contributed by atoms with E-state index in [2.05, 4.69) is 0 Å². The number of benzene rings is 1. The van der Waals surface area contributed by atoms with Crippen molar-refractivity contribution in [3.8, 4) is 0 Å². The average molecular weight is 504 g/mol. The molecule has 5 rings (SSSR count). The van der Waals surface area contributed by atoms with Gasteiger partial charge in [-0.3, -0.25) is 9.59 Å². The number of pyridine rings is 1. The van der Waals surface area contributed by atoms with Crippen LogP contribution in [0.25, 0.3) is 10.9 Å². The van der Waals surface area contributed by atoms with Gasteiger partial charge >= 0.3 is 0 Å². The van der Waals surface area contributed by atoms with E-state index in [-0.39, 0.29) is 21.8 Å². The Balaban J connectivity index is 1.49. The van der Waals surface area contributed by atoms with Gasteiger partial charge in [-0.25, -0.2) is 8.42 Å². The quantitative estimate of drug-likeness (QED) is 0.636. The van der Waals surface area contributed by atoms with Gasteiger partial charge in [-0.05, 0) is 38.0 Å². The molecular formula is C25H33N3O6S. The van der Waals surface area contributed by atoms with Crippen LogP contribution in [-0.2, 0) is 26.0 Å². The molecule has 190 valence electrons. The second-order valence-corrected chi connectivity index (χ2v) is 11.5. The van der Waals surface area contributed by atoms with Crippen molar-refractivity contribution in [3.05, 3.63) is 40.2 Å². The summed E-state index contributed by atoms with van der Waals surface area (Å²) in [5.41, 5.74) is 0.248. The predicted molar refractivity (Wildman–Crippen MR) is 131 cm³/mol. The van der Waals surface area contributed by atoms with Gasteiger partial charge < -0.3 is 18.9 Å². The maximum absolute atomic E-state index is 13.5. The van der Waals surface area contributed by atoms with E-state index in [1.54, 1.807) is 23.2 Å². The van der Waals surface area contributed by atoms with Crippen molar-refractivity contribution in [2.24, 2.45) is 0 Å². The molecule has 4 heterocycles. The van der Waals surface area contributed by atoms with Crippen LogP contribution >= 0.6 is 0 Å². The van der Waals surface area contributed by atoms with E-state index in [0.29, 0.717) is 64.3 Å². The largest absolute Gasteiger partial charge is 0.347 e. The van der Waals surface area contributed by atoms with E-state index in [4.69, 9.17) is 9.47 Å². The normalized spacial score (nSPS) is 21.5. The summed E-state index contributed by atoms with van der Waals surface area (Å²) in [5.74, 6) is -0.951. The number of hydrogen-bond acceptors (Lipinski definition) is 6. The lowest BCUT2D eigenvalue weighted by Gasteiger charge is -2.37. The van der Waals surface area contributed by atoms with Crippen molar-refractivity contribution in [1.29, 1.82) is 0 Å². The highest BCUT2D eigenvalue weighted by Crippen LogP contribution is 2.32. The van der Waals surface area contributed by atoms with E-state index in [1.165, 1.54) is 10.4 Å². The van der Waals surface area contributed by atoms with Crippen molar-refractivity contribution in [2.75, 3.05) is 39.4 Å². The molecule has 0 radical (unpaired) electrons. The Labute approximate surface area is 205 Å². The Hall–Kier alpha value is -2.27. The number of rotatable bonds is 4. The molecule has 0 aliphatic carbocycles. The van der Waals surface area contributed by atoms with E-state index >= 15 is 0 Å². The lowest BCUT2D eigenvalue weighted by atomic mass is 10.0. The monoisotopic (exact) mass is 503 g/mol. The second-order valence-electron chi connectivity index (χ2n) is 9.55. The number of aryl methyl sites for hydroxylation is 1. The summed E-state index contributed by atoms with van der Waals surface area (Å²) in [5, 5.41) is 0.254. The molecule has 0 N–H and O–H groups in total. The first kappa shape index (κ1) is 24.4. The minimum Gasteiger partial charge on any atom is -0.347 e. The maximum Gasteiger partial charge on any atom is 0.259 e. The number of amides is 1. The molecule has 35 heavy (non-hydrogen) atoms. The molecule has 1 spiro atoms. The molecule has 10 heteroatoms. The minimum atomic E-state index is -3.72. The van der Waals surface area contributed by atoms with Gasteiger partial charge in [0.05, 0.1) is 23.6 Å². The molecule has 3 fully saturated rings. The summed E-state index contributed by atoms with van der Waals surface area (Å²) in [7, 11) is -3.72. The third kappa shape index (κ3) is 4.52. The second kappa shape index (κ2) is 9.65. The number of piperidine rings is 1. The summed E-state index contributed by atoms with van der Waals surface area (Å²) in [6.45, 7) is 5.44. The van der Waals surface area contributed by atoms with Crippen molar-refractivity contribution in [3.63, 3.8) is 0 Å². The Morgan fingerprint density at radius 3 is 2.29 bits per heavy atom. The average Bonchev–Trinajstić information content (AvgIpc) is 3.14. The number of carbonyl (C=O) groups excluding carboxylic acids is 1. The van der Waals surface area contributed by atoms with Gasteiger partial charge in [0.15, 0.2) is 5.79 Å². The summed E-state index contributed by atoms with van der Waals surface area (Å²) < 4.78 is 41.6. The van der Waals surface area contributed by atoms with E-state index < -0.39 is 21.2 Å². The topological polar surface area (TPSA) is 98.1 Å². The number of sulfonamides is 1. The molecule has 0 atom stereocenters. The number of aromatic nitrogens is 1. The number of ether oxygens (including phenoxy) is 2. The zero-order valence-electron chi connectivity index (χ0n) is 20.2. The van der Waals surface area contributed by atoms with Crippen LogP contribution in [0.5, 0.6) is 0 Å². The van der Waals surface area contributed by atoms with Crippen LogP contribution in [0.4, 0.5) is 0 Å². The third-order valence-electron chi connectivity index (χ3n) is 7.45. The fourth-order valence-corrected chi connectivity index (χ4v) is 6.93. The molecule has 2 aromatic rings. The van der Waals surface area contributed by atoms with Crippen molar-refractivity contribution < 1.29 is 22.7 Å². The lowest BCUT2D eigenvalue weighted by molar-refractivity contribution is -0.181. The first-order valence-electron chi connectivity index (χ1n) is 12.6. The van der Waals surface area contributed by atoms with Gasteiger partial charge in [0.1, 0.15) is 5.56 Å². The summed E-state index contributed by atoms with van der Waals surface area (Å²) in [4.78, 5) is 28.7. The maximum atomic E-state index is 13.5. The van der Waals surface area contributed by atoms with Crippen LogP contribution in [0.3, 0.4) is 0 Å². The zero-order chi connectivity index (χ0) is 24.6. The van der Waals surface area contributed by atoms with Gasteiger partial charge in [-0.1, -0.05) is 12.8 Å². The van der Waals surface area contributed by atoms with Gasteiger partial charge in [-0.2, -0.15) is 4.31 Å². The van der Waals surface area contributed by atoms with Crippen LogP contribution in [0.1, 0.15) is 55.8 Å². The molecule has 3 aliphatic heterocycles. The molecule has 1 amide bonds. The van der Waals surface area contributed by atoms with Crippen molar-refractivity contribution in [2.45, 2.75) is 62.7 Å². The Morgan fingerprint density at radius 1 is 1.00 bits per heavy atom. The number of nitrogens with zero attached hydrogens (tertiary/aromatic N) is 3. The van der Waals surface area contributed by atoms with Crippen LogP contribution in [0.15, 0.2) is 34.1 Å². The highest BCUT2D eigenvalue weighted by atomic mass is 32.2. The Morgan fingerprint density at radius 2 is 1.66 bits per heavy atom. The molecule has 0 bridgehead atoms. The van der Waals surface area contributed by atoms with Gasteiger partial charge in [0, 0.05) is 57.1 Å². The lowest BCUT2D eigenvalue weighted by Crippen LogP contribution is -2.48. The fraction of sp³-hybridized carbons (Fsp3) is 0.600. The first-order chi connectivity index (χ1) is 16.8. The number of carbonyl (C=O) groups is 1. The molecule has 0 unspecified atom stereocenters. The van der Waals surface area contributed by atoms with Gasteiger partial charge in [0.2, 0.25) is 15.5 Å². The standard InChI is InChI=1S/C25H33N3O6S/c1-2-26-18-21(24(30)27-13-9-25(10-14-27)33-15-16-34-25)23(29)20-17-19(7-8-22(20)26)35(31,32)28-11-5-3-4-6-12-28/h7-8,17-18H,2-6,9-16H2,1H3. The molecule has 9 nitrogen and oxygen atoms in total. The molecule has 1 aromatic heterocycles.